The number of nitrogens with one attached hydrogen (secondary N) is 1. The Morgan fingerprint density at radius 3 is 2.81 bits per heavy atom. The minimum atomic E-state index is -0.210. The Morgan fingerprint density at radius 2 is 2.00 bits per heavy atom. The smallest absolute Gasteiger partial charge is 0.123 e. The highest BCUT2D eigenvalue weighted by Gasteiger charge is 2.05. The van der Waals surface area contributed by atoms with Crippen LogP contribution in [0.2, 0.25) is 0 Å². The highest BCUT2D eigenvalue weighted by atomic mass is 19.1. The van der Waals surface area contributed by atoms with Crippen LogP contribution in [0.3, 0.4) is 0 Å². The average molecular weight is 281 g/mol. The first-order valence-corrected chi connectivity index (χ1v) is 6.82. The molecule has 0 saturated heterocycles. The van der Waals surface area contributed by atoms with E-state index in [0.717, 1.165) is 22.5 Å². The molecular weight excluding hydrogens is 265 g/mol. The van der Waals surface area contributed by atoms with Gasteiger partial charge in [-0.3, -0.25) is 0 Å². The minimum Gasteiger partial charge on any atom is -0.379 e. The average Bonchev–Trinajstić information content (AvgIpc) is 3.03. The van der Waals surface area contributed by atoms with Crippen molar-refractivity contribution in [3.63, 3.8) is 0 Å². The molecule has 0 unspecified atom stereocenters. The summed E-state index contributed by atoms with van der Waals surface area (Å²) in [5.74, 6) is -0.210. The van der Waals surface area contributed by atoms with E-state index in [1.807, 2.05) is 43.5 Å². The molecular formula is C17H16FN3. The lowest BCUT2D eigenvalue weighted by atomic mass is 10.1. The largest absolute Gasteiger partial charge is 0.379 e. The third kappa shape index (κ3) is 2.94. The zero-order valence-corrected chi connectivity index (χ0v) is 11.8. The number of anilines is 1. The molecule has 3 rings (SSSR count). The molecule has 0 bridgehead atoms. The quantitative estimate of drug-likeness (QED) is 0.785. The monoisotopic (exact) mass is 281 g/mol. The Morgan fingerprint density at radius 1 is 1.14 bits per heavy atom. The second-order valence-electron chi connectivity index (χ2n) is 4.89. The molecule has 0 radical (unpaired) electrons. The van der Waals surface area contributed by atoms with Crippen LogP contribution >= 0.6 is 0 Å². The highest BCUT2D eigenvalue weighted by Crippen LogP contribution is 2.20. The van der Waals surface area contributed by atoms with Gasteiger partial charge in [0.05, 0.1) is 11.4 Å². The van der Waals surface area contributed by atoms with Gasteiger partial charge in [0, 0.05) is 18.9 Å². The van der Waals surface area contributed by atoms with Crippen molar-refractivity contribution in [1.82, 2.24) is 9.78 Å². The Bertz CT molecular complexity index is 736. The first-order valence-electron chi connectivity index (χ1n) is 6.82. The molecule has 106 valence electrons. The minimum absolute atomic E-state index is 0.210. The second kappa shape index (κ2) is 5.79. The van der Waals surface area contributed by atoms with E-state index in [4.69, 9.17) is 0 Å². The first-order chi connectivity index (χ1) is 10.2. The summed E-state index contributed by atoms with van der Waals surface area (Å²) in [5.41, 5.74) is 3.95. The van der Waals surface area contributed by atoms with E-state index >= 15 is 0 Å². The van der Waals surface area contributed by atoms with Gasteiger partial charge in [-0.2, -0.15) is 5.10 Å². The molecule has 0 aliphatic carbocycles. The number of para-hydroxylation sites is 2. The normalized spacial score (nSPS) is 10.6. The Labute approximate surface area is 123 Å². The van der Waals surface area contributed by atoms with Crippen LogP contribution in [0.25, 0.3) is 5.69 Å². The van der Waals surface area contributed by atoms with Crippen molar-refractivity contribution < 1.29 is 4.39 Å². The van der Waals surface area contributed by atoms with Crippen molar-refractivity contribution in [2.24, 2.45) is 0 Å². The molecule has 0 aliphatic heterocycles. The van der Waals surface area contributed by atoms with Crippen molar-refractivity contribution in [2.45, 2.75) is 13.5 Å². The number of halogens is 1. The van der Waals surface area contributed by atoms with Crippen molar-refractivity contribution in [3.05, 3.63) is 77.9 Å². The van der Waals surface area contributed by atoms with E-state index in [1.165, 1.54) is 6.07 Å². The maximum atomic E-state index is 13.3. The summed E-state index contributed by atoms with van der Waals surface area (Å²) in [4.78, 5) is 0. The number of hydrogen-bond donors (Lipinski definition) is 1. The van der Waals surface area contributed by atoms with Gasteiger partial charge in [0.15, 0.2) is 0 Å². The molecule has 0 fully saturated rings. The fourth-order valence-electron chi connectivity index (χ4n) is 2.26. The van der Waals surface area contributed by atoms with Crippen LogP contribution in [-0.4, -0.2) is 9.78 Å². The van der Waals surface area contributed by atoms with Gasteiger partial charge in [0.1, 0.15) is 5.82 Å². The van der Waals surface area contributed by atoms with Gasteiger partial charge in [0.25, 0.3) is 0 Å². The third-order valence-electron chi connectivity index (χ3n) is 3.44. The van der Waals surface area contributed by atoms with Crippen LogP contribution < -0.4 is 5.32 Å². The number of rotatable bonds is 4. The summed E-state index contributed by atoms with van der Waals surface area (Å²) in [6, 6.07) is 14.7. The van der Waals surface area contributed by atoms with Crippen LogP contribution in [0.1, 0.15) is 11.1 Å². The van der Waals surface area contributed by atoms with Crippen LogP contribution in [-0.2, 0) is 6.54 Å². The van der Waals surface area contributed by atoms with Gasteiger partial charge in [-0.1, -0.05) is 18.2 Å². The molecule has 1 N–H and O–H groups in total. The molecule has 0 spiro atoms. The Balaban J connectivity index is 1.84. The lowest BCUT2D eigenvalue weighted by Crippen LogP contribution is -2.06. The van der Waals surface area contributed by atoms with Crippen molar-refractivity contribution in [3.8, 4) is 5.69 Å². The molecule has 0 aliphatic rings. The summed E-state index contributed by atoms with van der Waals surface area (Å²) >= 11 is 0. The predicted octanol–water partition coefficient (Wildman–Crippen LogP) is 3.93. The fourth-order valence-corrected chi connectivity index (χ4v) is 2.26. The van der Waals surface area contributed by atoms with E-state index < -0.39 is 0 Å². The summed E-state index contributed by atoms with van der Waals surface area (Å²) in [6.45, 7) is 2.55. The Hall–Kier alpha value is -2.62. The second-order valence-corrected chi connectivity index (χ2v) is 4.89. The van der Waals surface area contributed by atoms with E-state index in [0.29, 0.717) is 6.54 Å². The molecule has 3 aromatic rings. The zero-order chi connectivity index (χ0) is 14.7. The molecule has 21 heavy (non-hydrogen) atoms. The summed E-state index contributed by atoms with van der Waals surface area (Å²) in [6.07, 6.45) is 3.64. The summed E-state index contributed by atoms with van der Waals surface area (Å²) < 4.78 is 15.1. The summed E-state index contributed by atoms with van der Waals surface area (Å²) in [7, 11) is 0. The van der Waals surface area contributed by atoms with E-state index in [2.05, 4.69) is 10.4 Å². The SMILES string of the molecule is Cc1ccc(F)cc1CNc1ccccc1-n1cccn1. The number of aromatic nitrogens is 2. The summed E-state index contributed by atoms with van der Waals surface area (Å²) in [5, 5.41) is 7.61. The van der Waals surface area contributed by atoms with Gasteiger partial charge in [-0.05, 0) is 48.4 Å². The lowest BCUT2D eigenvalue weighted by molar-refractivity contribution is 0.625. The number of nitrogens with zero attached hydrogens (tertiary/aromatic N) is 2. The zero-order valence-electron chi connectivity index (χ0n) is 11.8. The van der Waals surface area contributed by atoms with Gasteiger partial charge in [-0.25, -0.2) is 9.07 Å². The topological polar surface area (TPSA) is 29.9 Å². The van der Waals surface area contributed by atoms with Gasteiger partial charge in [-0.15, -0.1) is 0 Å². The predicted molar refractivity (Wildman–Crippen MR) is 82.0 cm³/mol. The van der Waals surface area contributed by atoms with Gasteiger partial charge < -0.3 is 5.32 Å². The first kappa shape index (κ1) is 13.4. The molecule has 0 saturated carbocycles. The maximum absolute atomic E-state index is 13.3. The standard InChI is InChI=1S/C17H16FN3/c1-13-7-8-15(18)11-14(13)12-19-16-5-2-3-6-17(16)21-10-4-9-20-21/h2-11,19H,12H2,1H3. The van der Waals surface area contributed by atoms with E-state index in [9.17, 15) is 4.39 Å². The third-order valence-corrected chi connectivity index (χ3v) is 3.44. The molecule has 4 heteroatoms. The molecule has 1 heterocycles. The van der Waals surface area contributed by atoms with Gasteiger partial charge >= 0.3 is 0 Å². The van der Waals surface area contributed by atoms with Crippen molar-refractivity contribution >= 4 is 5.69 Å². The van der Waals surface area contributed by atoms with Crippen LogP contribution in [0.5, 0.6) is 0 Å². The lowest BCUT2D eigenvalue weighted by Gasteiger charge is -2.13. The van der Waals surface area contributed by atoms with E-state index in [-0.39, 0.29) is 5.82 Å². The molecule has 0 amide bonds. The van der Waals surface area contributed by atoms with Crippen molar-refractivity contribution in [1.29, 1.82) is 0 Å². The number of hydrogen-bond acceptors (Lipinski definition) is 2. The molecule has 3 nitrogen and oxygen atoms in total. The van der Waals surface area contributed by atoms with Crippen LogP contribution in [0.4, 0.5) is 10.1 Å². The fraction of sp³-hybridized carbons (Fsp3) is 0.118. The van der Waals surface area contributed by atoms with Crippen molar-refractivity contribution in [2.75, 3.05) is 5.32 Å². The molecule has 2 aromatic carbocycles. The van der Waals surface area contributed by atoms with Gasteiger partial charge in [0.2, 0.25) is 0 Å². The van der Waals surface area contributed by atoms with Crippen LogP contribution in [0, 0.1) is 12.7 Å². The maximum Gasteiger partial charge on any atom is 0.123 e. The molecule has 1 aromatic heterocycles. The van der Waals surface area contributed by atoms with E-state index in [1.54, 1.807) is 23.0 Å². The highest BCUT2D eigenvalue weighted by molar-refractivity contribution is 5.60. The Kier molecular flexibility index (Phi) is 3.69. The molecule has 0 atom stereocenters. The number of benzene rings is 2. The number of aryl methyl sites for hydroxylation is 1. The van der Waals surface area contributed by atoms with Crippen LogP contribution in [0.15, 0.2) is 60.9 Å².